The second kappa shape index (κ2) is 4.28. The highest BCUT2D eigenvalue weighted by molar-refractivity contribution is 8.00. The molecule has 0 aliphatic carbocycles. The van der Waals surface area contributed by atoms with Crippen LogP contribution in [0, 0.1) is 0 Å². The summed E-state index contributed by atoms with van der Waals surface area (Å²) in [5, 5.41) is 0. The van der Waals surface area contributed by atoms with Gasteiger partial charge in [-0.2, -0.15) is 13.2 Å². The Morgan fingerprint density at radius 1 is 1.54 bits per heavy atom. The lowest BCUT2D eigenvalue weighted by Gasteiger charge is -2.11. The van der Waals surface area contributed by atoms with Crippen molar-refractivity contribution in [2.75, 3.05) is 0 Å². The van der Waals surface area contributed by atoms with E-state index < -0.39 is 10.9 Å². The quantitative estimate of drug-likeness (QED) is 0.736. The average Bonchev–Trinajstić information content (AvgIpc) is 2.50. The van der Waals surface area contributed by atoms with E-state index >= 15 is 0 Å². The van der Waals surface area contributed by atoms with Gasteiger partial charge in [-0.25, -0.2) is 0 Å². The maximum atomic E-state index is 11.9. The number of thioether (sulfide) groups is 1. The largest absolute Gasteiger partial charge is 0.468 e. The zero-order valence-corrected chi connectivity index (χ0v) is 7.92. The highest BCUT2D eigenvalue weighted by Gasteiger charge is 2.38. The first-order valence-corrected chi connectivity index (χ1v) is 4.83. The molecule has 0 N–H and O–H groups in total. The topological polar surface area (TPSA) is 13.1 Å². The monoisotopic (exact) mass is 230 g/mol. The molecule has 0 aliphatic rings. The van der Waals surface area contributed by atoms with E-state index in [2.05, 4.69) is 0 Å². The number of rotatable bonds is 3. The fourth-order valence-electron chi connectivity index (χ4n) is 0.644. The van der Waals surface area contributed by atoms with E-state index in [0.717, 1.165) is 0 Å². The van der Waals surface area contributed by atoms with E-state index in [1.807, 2.05) is 0 Å². The van der Waals surface area contributed by atoms with Gasteiger partial charge in [-0.05, 0) is 12.1 Å². The molecule has 13 heavy (non-hydrogen) atoms. The smallest absolute Gasteiger partial charge is 0.413 e. The van der Waals surface area contributed by atoms with Crippen molar-refractivity contribution in [1.82, 2.24) is 0 Å². The van der Waals surface area contributed by atoms with Crippen LogP contribution in [0.25, 0.3) is 0 Å². The molecular formula is C7H6ClF3OS. The third kappa shape index (κ3) is 3.52. The van der Waals surface area contributed by atoms with Gasteiger partial charge in [-0.1, -0.05) is 0 Å². The van der Waals surface area contributed by atoms with Crippen LogP contribution in [0.15, 0.2) is 22.8 Å². The van der Waals surface area contributed by atoms with Crippen LogP contribution in [0.1, 0.15) is 5.76 Å². The zero-order valence-electron chi connectivity index (χ0n) is 6.34. The molecule has 0 aliphatic heterocycles. The van der Waals surface area contributed by atoms with Gasteiger partial charge in [-0.3, -0.25) is 0 Å². The molecule has 0 saturated heterocycles. The Hall–Kier alpha value is -0.290. The average molecular weight is 231 g/mol. The molecule has 1 heterocycles. The molecular weight excluding hydrogens is 225 g/mol. The maximum Gasteiger partial charge on any atom is 0.413 e. The van der Waals surface area contributed by atoms with Crippen molar-refractivity contribution in [3.8, 4) is 0 Å². The predicted octanol–water partition coefficient (Wildman–Crippen LogP) is 3.64. The van der Waals surface area contributed by atoms with Crippen molar-refractivity contribution in [1.29, 1.82) is 0 Å². The molecule has 1 unspecified atom stereocenters. The molecule has 1 aromatic heterocycles. The summed E-state index contributed by atoms with van der Waals surface area (Å²) >= 11 is 5.66. The van der Waals surface area contributed by atoms with Crippen LogP contribution in [-0.4, -0.2) is 10.9 Å². The molecule has 1 nitrogen and oxygen atoms in total. The first-order chi connectivity index (χ1) is 6.00. The molecule has 0 aromatic carbocycles. The molecule has 1 aromatic rings. The van der Waals surface area contributed by atoms with Crippen molar-refractivity contribution in [2.45, 2.75) is 16.6 Å². The highest BCUT2D eigenvalue weighted by Crippen LogP contribution is 2.34. The van der Waals surface area contributed by atoms with Gasteiger partial charge in [0.05, 0.1) is 12.0 Å². The Bertz CT molecular complexity index is 247. The lowest BCUT2D eigenvalue weighted by atomic mass is 10.5. The SMILES string of the molecule is FC(F)(F)C(Cl)SCc1ccco1. The van der Waals surface area contributed by atoms with Crippen molar-refractivity contribution in [3.05, 3.63) is 24.2 Å². The molecule has 1 atom stereocenters. The van der Waals surface area contributed by atoms with Gasteiger partial charge in [0.2, 0.25) is 0 Å². The Balaban J connectivity index is 2.35. The van der Waals surface area contributed by atoms with Crippen LogP contribution in [-0.2, 0) is 5.75 Å². The number of hydrogen-bond acceptors (Lipinski definition) is 2. The standard InChI is InChI=1S/C7H6ClF3OS/c8-6(7(9,10)11)13-4-5-2-1-3-12-5/h1-3,6H,4H2. The van der Waals surface area contributed by atoms with Gasteiger partial charge in [0.1, 0.15) is 5.76 Å². The van der Waals surface area contributed by atoms with Crippen LogP contribution in [0.5, 0.6) is 0 Å². The Morgan fingerprint density at radius 2 is 2.23 bits per heavy atom. The predicted molar refractivity (Wildman–Crippen MR) is 45.7 cm³/mol. The van der Waals surface area contributed by atoms with Crippen molar-refractivity contribution >= 4 is 23.4 Å². The Labute approximate surface area is 82.2 Å². The van der Waals surface area contributed by atoms with E-state index in [1.54, 1.807) is 12.1 Å². The number of hydrogen-bond donors (Lipinski definition) is 0. The lowest BCUT2D eigenvalue weighted by molar-refractivity contribution is -0.113. The summed E-state index contributed by atoms with van der Waals surface area (Å²) in [5.74, 6) is 0.612. The summed E-state index contributed by atoms with van der Waals surface area (Å²) in [7, 11) is 0. The van der Waals surface area contributed by atoms with Crippen LogP contribution >= 0.6 is 23.4 Å². The molecule has 0 radical (unpaired) electrons. The molecule has 6 heteroatoms. The summed E-state index contributed by atoms with van der Waals surface area (Å²) in [5.41, 5.74) is 0. The fourth-order valence-corrected chi connectivity index (χ4v) is 1.50. The fraction of sp³-hybridized carbons (Fsp3) is 0.429. The van der Waals surface area contributed by atoms with Gasteiger partial charge in [0.15, 0.2) is 4.71 Å². The minimum atomic E-state index is -4.36. The molecule has 74 valence electrons. The molecule has 0 amide bonds. The summed E-state index contributed by atoms with van der Waals surface area (Å²) in [6, 6.07) is 3.22. The highest BCUT2D eigenvalue weighted by atomic mass is 35.5. The second-order valence-corrected chi connectivity index (χ2v) is 4.04. The van der Waals surface area contributed by atoms with Gasteiger partial charge in [-0.15, -0.1) is 23.4 Å². The van der Waals surface area contributed by atoms with Crippen LogP contribution < -0.4 is 0 Å². The third-order valence-corrected chi connectivity index (χ3v) is 2.85. The second-order valence-electron chi connectivity index (χ2n) is 2.25. The van der Waals surface area contributed by atoms with E-state index in [9.17, 15) is 13.2 Å². The normalized spacial score (nSPS) is 14.5. The molecule has 0 bridgehead atoms. The minimum Gasteiger partial charge on any atom is -0.468 e. The number of halogens is 4. The summed E-state index contributed by atoms with van der Waals surface area (Å²) < 4.78 is 38.7. The zero-order chi connectivity index (χ0) is 9.90. The number of alkyl halides is 4. The first kappa shape index (κ1) is 10.8. The van der Waals surface area contributed by atoms with Crippen LogP contribution in [0.3, 0.4) is 0 Å². The summed E-state index contributed by atoms with van der Waals surface area (Å²) in [6.07, 6.45) is -2.95. The van der Waals surface area contributed by atoms with Crippen molar-refractivity contribution in [3.63, 3.8) is 0 Å². The summed E-state index contributed by atoms with van der Waals surface area (Å²) in [4.78, 5) is 0. The minimum absolute atomic E-state index is 0.126. The molecule has 1 rings (SSSR count). The first-order valence-electron chi connectivity index (χ1n) is 3.35. The van der Waals surface area contributed by atoms with Gasteiger partial charge < -0.3 is 4.42 Å². The molecule has 0 fully saturated rings. The third-order valence-electron chi connectivity index (χ3n) is 1.21. The lowest BCUT2D eigenvalue weighted by Crippen LogP contribution is -2.19. The maximum absolute atomic E-state index is 11.9. The van der Waals surface area contributed by atoms with Gasteiger partial charge in [0, 0.05) is 0 Å². The number of furan rings is 1. The van der Waals surface area contributed by atoms with E-state index in [-0.39, 0.29) is 5.75 Å². The molecule has 0 spiro atoms. The van der Waals surface area contributed by atoms with E-state index in [0.29, 0.717) is 17.5 Å². The van der Waals surface area contributed by atoms with Gasteiger partial charge >= 0.3 is 6.18 Å². The van der Waals surface area contributed by atoms with Crippen LogP contribution in [0.4, 0.5) is 13.2 Å². The van der Waals surface area contributed by atoms with Gasteiger partial charge in [0.25, 0.3) is 0 Å². The Kier molecular flexibility index (Phi) is 3.55. The van der Waals surface area contributed by atoms with Crippen LogP contribution in [0.2, 0.25) is 0 Å². The van der Waals surface area contributed by atoms with E-state index in [4.69, 9.17) is 16.0 Å². The van der Waals surface area contributed by atoms with Crippen molar-refractivity contribution < 1.29 is 17.6 Å². The Morgan fingerprint density at radius 3 is 2.69 bits per heavy atom. The molecule has 0 saturated carbocycles. The van der Waals surface area contributed by atoms with Crippen molar-refractivity contribution in [2.24, 2.45) is 0 Å². The summed E-state index contributed by atoms with van der Waals surface area (Å²) in [6.45, 7) is 0. The van der Waals surface area contributed by atoms with E-state index in [1.165, 1.54) is 6.26 Å².